The summed E-state index contributed by atoms with van der Waals surface area (Å²) >= 11 is 2.86. The van der Waals surface area contributed by atoms with Crippen LogP contribution in [0.3, 0.4) is 0 Å². The number of carboxylic acids is 1. The SMILES string of the molecule is CC(O)CN(C)S(=O)(=O)c1cc(C(=O)O)oc1Br. The Morgan fingerprint density at radius 2 is 2.17 bits per heavy atom. The molecule has 0 spiro atoms. The van der Waals surface area contributed by atoms with Gasteiger partial charge in [0.05, 0.1) is 6.10 Å². The number of hydrogen-bond donors (Lipinski definition) is 2. The second-order valence-electron chi connectivity index (χ2n) is 3.69. The van der Waals surface area contributed by atoms with E-state index in [-0.39, 0.29) is 16.1 Å². The van der Waals surface area contributed by atoms with E-state index in [4.69, 9.17) is 14.6 Å². The maximum absolute atomic E-state index is 12.1. The van der Waals surface area contributed by atoms with E-state index < -0.39 is 27.9 Å². The molecule has 9 heteroatoms. The number of halogens is 1. The molecule has 0 aliphatic carbocycles. The highest BCUT2D eigenvalue weighted by Crippen LogP contribution is 2.28. The Morgan fingerprint density at radius 3 is 2.56 bits per heavy atom. The Labute approximate surface area is 112 Å². The lowest BCUT2D eigenvalue weighted by molar-refractivity contribution is 0.0661. The smallest absolute Gasteiger partial charge is 0.371 e. The van der Waals surface area contributed by atoms with Gasteiger partial charge >= 0.3 is 5.97 Å². The van der Waals surface area contributed by atoms with E-state index in [1.807, 2.05) is 0 Å². The lowest BCUT2D eigenvalue weighted by Gasteiger charge is -2.17. The van der Waals surface area contributed by atoms with Crippen LogP contribution in [0.1, 0.15) is 17.5 Å². The standard InChI is InChI=1S/C9H12BrNO6S/c1-5(12)4-11(2)18(15,16)7-3-6(9(13)14)17-8(7)10/h3,5,12H,4H2,1-2H3,(H,13,14). The average molecular weight is 342 g/mol. The van der Waals surface area contributed by atoms with Crippen LogP contribution in [0.15, 0.2) is 20.0 Å². The molecule has 1 atom stereocenters. The molecule has 1 aromatic rings. The highest BCUT2D eigenvalue weighted by atomic mass is 79.9. The fourth-order valence-electron chi connectivity index (χ4n) is 1.27. The minimum Gasteiger partial charge on any atom is -0.475 e. The number of aliphatic hydroxyl groups excluding tert-OH is 1. The van der Waals surface area contributed by atoms with Crippen LogP contribution in [0.2, 0.25) is 0 Å². The van der Waals surface area contributed by atoms with Gasteiger partial charge in [0.15, 0.2) is 4.67 Å². The van der Waals surface area contributed by atoms with Crippen molar-refractivity contribution >= 4 is 31.9 Å². The number of nitrogens with zero attached hydrogens (tertiary/aromatic N) is 1. The average Bonchev–Trinajstić information content (AvgIpc) is 2.59. The van der Waals surface area contributed by atoms with E-state index in [1.54, 1.807) is 0 Å². The summed E-state index contributed by atoms with van der Waals surface area (Å²) in [4.78, 5) is 10.4. The first-order valence-electron chi connectivity index (χ1n) is 4.83. The molecular weight excluding hydrogens is 330 g/mol. The molecule has 0 saturated carbocycles. The molecule has 0 bridgehead atoms. The van der Waals surface area contributed by atoms with Crippen LogP contribution in [0.4, 0.5) is 0 Å². The van der Waals surface area contributed by atoms with E-state index in [2.05, 4.69) is 15.9 Å². The third kappa shape index (κ3) is 3.10. The molecule has 7 nitrogen and oxygen atoms in total. The molecule has 1 heterocycles. The number of furan rings is 1. The number of likely N-dealkylation sites (N-methyl/N-ethyl adjacent to an activating group) is 1. The Hall–Kier alpha value is -0.900. The summed E-state index contributed by atoms with van der Waals surface area (Å²) in [5, 5.41) is 17.9. The zero-order chi connectivity index (χ0) is 14.1. The van der Waals surface area contributed by atoms with Gasteiger partial charge in [-0.25, -0.2) is 13.2 Å². The minimum atomic E-state index is -3.91. The second-order valence-corrected chi connectivity index (χ2v) is 6.42. The van der Waals surface area contributed by atoms with Crippen LogP contribution in [0.25, 0.3) is 0 Å². The van der Waals surface area contributed by atoms with Crippen LogP contribution in [-0.2, 0) is 10.0 Å². The minimum absolute atomic E-state index is 0.109. The highest BCUT2D eigenvalue weighted by Gasteiger charge is 2.29. The normalized spacial score (nSPS) is 13.8. The molecule has 0 aliphatic heterocycles. The van der Waals surface area contributed by atoms with Crippen molar-refractivity contribution in [2.75, 3.05) is 13.6 Å². The fraction of sp³-hybridized carbons (Fsp3) is 0.444. The second kappa shape index (κ2) is 5.39. The third-order valence-electron chi connectivity index (χ3n) is 2.08. The first-order chi connectivity index (χ1) is 8.16. The highest BCUT2D eigenvalue weighted by molar-refractivity contribution is 9.10. The van der Waals surface area contributed by atoms with Crippen molar-refractivity contribution < 1.29 is 27.8 Å². The zero-order valence-electron chi connectivity index (χ0n) is 9.62. The summed E-state index contributed by atoms with van der Waals surface area (Å²) in [5.74, 6) is -1.85. The predicted octanol–water partition coefficient (Wildman–Crippen LogP) is 0.742. The van der Waals surface area contributed by atoms with E-state index in [1.165, 1.54) is 14.0 Å². The molecular formula is C9H12BrNO6S. The maximum Gasteiger partial charge on any atom is 0.371 e. The number of hydrogen-bond acceptors (Lipinski definition) is 5. The Bertz CT molecular complexity index is 549. The van der Waals surface area contributed by atoms with Crippen molar-refractivity contribution in [3.05, 3.63) is 16.5 Å². The summed E-state index contributed by atoms with van der Waals surface area (Å²) in [6, 6.07) is 0.917. The number of carbonyl (C=O) groups is 1. The summed E-state index contributed by atoms with van der Waals surface area (Å²) < 4.78 is 29.6. The molecule has 0 amide bonds. The first kappa shape index (κ1) is 15.2. The largest absolute Gasteiger partial charge is 0.475 e. The molecule has 2 N–H and O–H groups in total. The number of rotatable bonds is 5. The van der Waals surface area contributed by atoms with Gasteiger partial charge in [-0.15, -0.1) is 0 Å². The van der Waals surface area contributed by atoms with Gasteiger partial charge in [-0.1, -0.05) is 0 Å². The van der Waals surface area contributed by atoms with Gasteiger partial charge in [0.2, 0.25) is 15.8 Å². The summed E-state index contributed by atoms with van der Waals surface area (Å²) in [6.45, 7) is 1.33. The van der Waals surface area contributed by atoms with Gasteiger partial charge in [-0.05, 0) is 22.9 Å². The number of sulfonamides is 1. The lowest BCUT2D eigenvalue weighted by atomic mass is 10.4. The van der Waals surface area contributed by atoms with Crippen LogP contribution < -0.4 is 0 Å². The molecule has 1 unspecified atom stereocenters. The van der Waals surface area contributed by atoms with Crippen molar-refractivity contribution in [1.82, 2.24) is 4.31 Å². The quantitative estimate of drug-likeness (QED) is 0.817. The molecule has 0 aliphatic rings. The summed E-state index contributed by atoms with van der Waals surface area (Å²) in [7, 11) is -2.63. The topological polar surface area (TPSA) is 108 Å². The predicted molar refractivity (Wildman–Crippen MR) is 64.9 cm³/mol. The van der Waals surface area contributed by atoms with Crippen LogP contribution in [0, 0.1) is 0 Å². The molecule has 1 rings (SSSR count). The van der Waals surface area contributed by atoms with E-state index in [9.17, 15) is 13.2 Å². The zero-order valence-corrected chi connectivity index (χ0v) is 12.0. The maximum atomic E-state index is 12.1. The fourth-order valence-corrected chi connectivity index (χ4v) is 3.42. The Morgan fingerprint density at radius 1 is 1.61 bits per heavy atom. The molecule has 1 aromatic heterocycles. The van der Waals surface area contributed by atoms with Gasteiger partial charge in [-0.3, -0.25) is 0 Å². The Kier molecular flexibility index (Phi) is 4.54. The van der Waals surface area contributed by atoms with Gasteiger partial charge in [0, 0.05) is 19.7 Å². The molecule has 0 aromatic carbocycles. The van der Waals surface area contributed by atoms with E-state index in [0.29, 0.717) is 0 Å². The third-order valence-corrected chi connectivity index (χ3v) is 4.76. The molecule has 18 heavy (non-hydrogen) atoms. The Balaban J connectivity index is 3.16. The van der Waals surface area contributed by atoms with Gasteiger partial charge < -0.3 is 14.6 Å². The first-order valence-corrected chi connectivity index (χ1v) is 7.06. The molecule has 102 valence electrons. The van der Waals surface area contributed by atoms with Crippen molar-refractivity contribution in [1.29, 1.82) is 0 Å². The van der Waals surface area contributed by atoms with Gasteiger partial charge in [-0.2, -0.15) is 4.31 Å². The van der Waals surface area contributed by atoms with Crippen LogP contribution >= 0.6 is 15.9 Å². The van der Waals surface area contributed by atoms with Gasteiger partial charge in [0.25, 0.3) is 0 Å². The van der Waals surface area contributed by atoms with Crippen molar-refractivity contribution in [3.8, 4) is 0 Å². The van der Waals surface area contributed by atoms with Crippen molar-refractivity contribution in [2.45, 2.75) is 17.9 Å². The van der Waals surface area contributed by atoms with Crippen LogP contribution in [-0.4, -0.2) is 48.6 Å². The van der Waals surface area contributed by atoms with E-state index >= 15 is 0 Å². The lowest BCUT2D eigenvalue weighted by Crippen LogP contribution is -2.33. The van der Waals surface area contributed by atoms with E-state index in [0.717, 1.165) is 10.4 Å². The monoisotopic (exact) mass is 341 g/mol. The molecule has 0 saturated heterocycles. The summed E-state index contributed by atoms with van der Waals surface area (Å²) in [5.41, 5.74) is 0. The number of aliphatic hydroxyl groups is 1. The molecule has 0 fully saturated rings. The van der Waals surface area contributed by atoms with Gasteiger partial charge in [0.1, 0.15) is 4.90 Å². The van der Waals surface area contributed by atoms with Crippen molar-refractivity contribution in [3.63, 3.8) is 0 Å². The summed E-state index contributed by atoms with van der Waals surface area (Å²) in [6.07, 6.45) is -0.839. The van der Waals surface area contributed by atoms with Crippen LogP contribution in [0.5, 0.6) is 0 Å². The van der Waals surface area contributed by atoms with Crippen molar-refractivity contribution in [2.24, 2.45) is 0 Å². The number of aromatic carboxylic acids is 1. The number of carboxylic acid groups (broad SMARTS) is 1. The molecule has 0 radical (unpaired) electrons.